The van der Waals surface area contributed by atoms with Crippen molar-refractivity contribution in [1.29, 1.82) is 0 Å². The summed E-state index contributed by atoms with van der Waals surface area (Å²) in [6, 6.07) is 25.6. The zero-order valence-corrected chi connectivity index (χ0v) is 19.5. The molecule has 0 aliphatic carbocycles. The fourth-order valence-electron chi connectivity index (χ4n) is 4.16. The molecular weight excluding hydrogens is 460 g/mol. The van der Waals surface area contributed by atoms with Crippen LogP contribution in [0, 0.1) is 0 Å². The molecule has 5 rings (SSSR count). The topological polar surface area (TPSA) is 52.7 Å². The molecule has 0 fully saturated rings. The summed E-state index contributed by atoms with van der Waals surface area (Å²) in [5.41, 5.74) is 8.06. The number of hydrogen-bond donors (Lipinski definition) is 3. The van der Waals surface area contributed by atoms with Crippen LogP contribution in [0.2, 0.25) is 0 Å². The van der Waals surface area contributed by atoms with Crippen molar-refractivity contribution in [3.63, 3.8) is 0 Å². The molecule has 2 heterocycles. The summed E-state index contributed by atoms with van der Waals surface area (Å²) in [6.07, 6.45) is 2.05. The van der Waals surface area contributed by atoms with E-state index in [0.717, 1.165) is 46.4 Å². The minimum atomic E-state index is 0.778. The number of hydrogen-bond acceptors (Lipinski definition) is 3. The summed E-state index contributed by atoms with van der Waals surface area (Å²) in [6.45, 7) is 2.50. The lowest BCUT2D eigenvalue weighted by Crippen LogP contribution is -2.13. The number of fused-ring (bicyclic) bond motifs is 2. The van der Waals surface area contributed by atoms with E-state index in [4.69, 9.17) is 4.98 Å². The van der Waals surface area contributed by atoms with E-state index in [2.05, 4.69) is 111 Å². The highest BCUT2D eigenvalue weighted by Crippen LogP contribution is 2.32. The maximum absolute atomic E-state index is 4.98. The van der Waals surface area contributed by atoms with Gasteiger partial charge in [0.25, 0.3) is 0 Å². The highest BCUT2D eigenvalue weighted by Gasteiger charge is 2.12. The lowest BCUT2D eigenvalue weighted by molar-refractivity contribution is 0.695. The van der Waals surface area contributed by atoms with Crippen LogP contribution in [0.1, 0.15) is 16.7 Å². The fraction of sp³-hybridized carbons (Fsp3) is 0.148. The molecule has 0 aliphatic heterocycles. The summed E-state index contributed by atoms with van der Waals surface area (Å²) in [5.74, 6) is 0. The molecule has 5 aromatic rings. The van der Waals surface area contributed by atoms with Crippen LogP contribution in [0.25, 0.3) is 33.1 Å². The van der Waals surface area contributed by atoms with Crippen LogP contribution in [-0.2, 0) is 19.6 Å². The highest BCUT2D eigenvalue weighted by molar-refractivity contribution is 9.10. The maximum atomic E-state index is 4.98. The molecule has 3 N–H and O–H groups in total. The molecule has 0 saturated carbocycles. The van der Waals surface area contributed by atoms with Gasteiger partial charge in [-0.05, 0) is 54.1 Å². The molecule has 0 spiro atoms. The number of para-hydroxylation sites is 1. The van der Waals surface area contributed by atoms with Gasteiger partial charge in [-0.1, -0.05) is 58.4 Å². The number of nitrogens with zero attached hydrogens (tertiary/aromatic N) is 1. The van der Waals surface area contributed by atoms with Gasteiger partial charge in [0.1, 0.15) is 0 Å². The minimum Gasteiger partial charge on any atom is -0.360 e. The van der Waals surface area contributed by atoms with E-state index < -0.39 is 0 Å². The summed E-state index contributed by atoms with van der Waals surface area (Å²) >= 11 is 3.60. The van der Waals surface area contributed by atoms with Gasteiger partial charge >= 0.3 is 0 Å². The first-order valence-corrected chi connectivity index (χ1v) is 11.6. The minimum absolute atomic E-state index is 0.778. The second-order valence-electron chi connectivity index (χ2n) is 8.03. The Labute approximate surface area is 196 Å². The Morgan fingerprint density at radius 3 is 2.44 bits per heavy atom. The number of halogens is 1. The van der Waals surface area contributed by atoms with Gasteiger partial charge in [0.05, 0.1) is 11.2 Å². The second kappa shape index (κ2) is 9.25. The van der Waals surface area contributed by atoms with Gasteiger partial charge in [-0.15, -0.1) is 0 Å². The Hall–Kier alpha value is -2.99. The zero-order chi connectivity index (χ0) is 21.9. The number of nitrogens with one attached hydrogen (secondary N) is 3. The zero-order valence-electron chi connectivity index (χ0n) is 18.0. The molecule has 0 unspecified atom stereocenters. The van der Waals surface area contributed by atoms with Gasteiger partial charge in [-0.3, -0.25) is 0 Å². The number of rotatable bonds is 7. The lowest BCUT2D eigenvalue weighted by atomic mass is 10.0. The molecule has 3 aromatic carbocycles. The van der Waals surface area contributed by atoms with Crippen LogP contribution < -0.4 is 10.6 Å². The molecule has 0 radical (unpaired) electrons. The van der Waals surface area contributed by atoms with E-state index in [0.29, 0.717) is 0 Å². The van der Waals surface area contributed by atoms with Crippen LogP contribution >= 0.6 is 15.9 Å². The fourth-order valence-corrected chi connectivity index (χ4v) is 4.52. The van der Waals surface area contributed by atoms with Crippen molar-refractivity contribution in [3.05, 3.63) is 100 Å². The molecular formula is C27H25BrN4. The molecule has 0 bridgehead atoms. The van der Waals surface area contributed by atoms with Crippen molar-refractivity contribution in [2.75, 3.05) is 7.05 Å². The summed E-state index contributed by atoms with van der Waals surface area (Å²) < 4.78 is 1.06. The predicted octanol–water partition coefficient (Wildman–Crippen LogP) is 6.15. The number of aromatic nitrogens is 2. The van der Waals surface area contributed by atoms with Crippen LogP contribution in [0.15, 0.2) is 83.5 Å². The van der Waals surface area contributed by atoms with E-state index in [1.165, 1.54) is 27.5 Å². The Morgan fingerprint density at radius 1 is 0.844 bits per heavy atom. The van der Waals surface area contributed by atoms with Crippen LogP contribution in [0.4, 0.5) is 0 Å². The van der Waals surface area contributed by atoms with Crippen molar-refractivity contribution in [3.8, 4) is 11.3 Å². The number of aromatic amines is 1. The molecule has 32 heavy (non-hydrogen) atoms. The molecule has 2 aromatic heterocycles. The van der Waals surface area contributed by atoms with Crippen LogP contribution in [0.5, 0.6) is 0 Å². The Morgan fingerprint density at radius 2 is 1.62 bits per heavy atom. The van der Waals surface area contributed by atoms with E-state index >= 15 is 0 Å². The van der Waals surface area contributed by atoms with Gasteiger partial charge in [0, 0.05) is 52.2 Å². The molecule has 4 nitrogen and oxygen atoms in total. The second-order valence-corrected chi connectivity index (χ2v) is 8.94. The van der Waals surface area contributed by atoms with Crippen LogP contribution in [-0.4, -0.2) is 17.0 Å². The largest absolute Gasteiger partial charge is 0.360 e. The molecule has 160 valence electrons. The Balaban J connectivity index is 1.44. The first-order valence-electron chi connectivity index (χ1n) is 10.8. The van der Waals surface area contributed by atoms with Crippen molar-refractivity contribution in [2.24, 2.45) is 0 Å². The number of benzene rings is 3. The van der Waals surface area contributed by atoms with E-state index in [-0.39, 0.29) is 0 Å². The highest BCUT2D eigenvalue weighted by atomic mass is 79.9. The average molecular weight is 485 g/mol. The summed E-state index contributed by atoms with van der Waals surface area (Å²) in [7, 11) is 1.97. The van der Waals surface area contributed by atoms with Gasteiger partial charge < -0.3 is 15.6 Å². The number of pyridine rings is 1. The molecule has 0 atom stereocenters. The van der Waals surface area contributed by atoms with Gasteiger partial charge in [-0.2, -0.15) is 0 Å². The summed E-state index contributed by atoms with van der Waals surface area (Å²) in [5, 5.41) is 9.17. The van der Waals surface area contributed by atoms with Crippen molar-refractivity contribution in [2.45, 2.75) is 19.6 Å². The van der Waals surface area contributed by atoms with Crippen molar-refractivity contribution in [1.82, 2.24) is 20.6 Å². The van der Waals surface area contributed by atoms with Crippen LogP contribution in [0.3, 0.4) is 0 Å². The third-order valence-electron chi connectivity index (χ3n) is 5.77. The standard InChI is InChI=1S/C27H25BrN4/c1-29-14-18-6-8-19(9-7-18)15-30-16-20-12-27(32-26-5-3-2-4-22(20)26)24-17-31-25-11-10-21(28)13-23(24)25/h2-13,17,29-31H,14-16H2,1H3. The quantitative estimate of drug-likeness (QED) is 0.259. The van der Waals surface area contributed by atoms with Crippen molar-refractivity contribution >= 4 is 37.7 Å². The first-order chi connectivity index (χ1) is 15.7. The normalized spacial score (nSPS) is 11.4. The molecule has 0 amide bonds. The van der Waals surface area contributed by atoms with E-state index in [1.807, 2.05) is 7.05 Å². The average Bonchev–Trinajstić information content (AvgIpc) is 3.23. The number of H-pyrrole nitrogens is 1. The Bertz CT molecular complexity index is 1370. The van der Waals surface area contributed by atoms with E-state index in [9.17, 15) is 0 Å². The smallest absolute Gasteiger partial charge is 0.0734 e. The molecule has 0 saturated heterocycles. The van der Waals surface area contributed by atoms with Crippen molar-refractivity contribution < 1.29 is 0 Å². The predicted molar refractivity (Wildman–Crippen MR) is 136 cm³/mol. The van der Waals surface area contributed by atoms with Gasteiger partial charge in [0.2, 0.25) is 0 Å². The maximum Gasteiger partial charge on any atom is 0.0734 e. The van der Waals surface area contributed by atoms with Gasteiger partial charge in [0.15, 0.2) is 0 Å². The third kappa shape index (κ3) is 4.32. The third-order valence-corrected chi connectivity index (χ3v) is 6.26. The molecule has 5 heteroatoms. The molecule has 0 aliphatic rings. The summed E-state index contributed by atoms with van der Waals surface area (Å²) in [4.78, 5) is 8.36. The van der Waals surface area contributed by atoms with E-state index in [1.54, 1.807) is 0 Å². The van der Waals surface area contributed by atoms with Gasteiger partial charge in [-0.25, -0.2) is 4.98 Å². The Kier molecular flexibility index (Phi) is 6.04. The first kappa shape index (κ1) is 20.9. The SMILES string of the molecule is CNCc1ccc(CNCc2cc(-c3c[nH]c4ccc(Br)cc34)nc3ccccc23)cc1. The lowest BCUT2D eigenvalue weighted by Gasteiger charge is -2.11. The monoisotopic (exact) mass is 484 g/mol.